The number of halogens is 2. The molecule has 1 aliphatic heterocycles. The molecule has 2 N–H and O–H groups in total. The van der Waals surface area contributed by atoms with E-state index in [4.69, 9.17) is 23.2 Å². The molecule has 0 unspecified atom stereocenters. The van der Waals surface area contributed by atoms with E-state index in [0.29, 0.717) is 35.1 Å². The van der Waals surface area contributed by atoms with E-state index in [1.54, 1.807) is 4.90 Å². The van der Waals surface area contributed by atoms with Gasteiger partial charge in [0.2, 0.25) is 5.91 Å². The number of hydrogen-bond acceptors (Lipinski definition) is 3. The van der Waals surface area contributed by atoms with Crippen LogP contribution in [0.5, 0.6) is 0 Å². The van der Waals surface area contributed by atoms with Crippen molar-refractivity contribution in [1.29, 1.82) is 0 Å². The van der Waals surface area contributed by atoms with Crippen LogP contribution in [-0.4, -0.2) is 41.0 Å². The van der Waals surface area contributed by atoms with Gasteiger partial charge in [0, 0.05) is 36.1 Å². The maximum atomic E-state index is 12.0. The van der Waals surface area contributed by atoms with Crippen molar-refractivity contribution in [3.05, 3.63) is 33.8 Å². The molecule has 0 spiro atoms. The Morgan fingerprint density at radius 2 is 1.95 bits per heavy atom. The number of rotatable bonds is 3. The van der Waals surface area contributed by atoms with Crippen molar-refractivity contribution in [2.75, 3.05) is 13.1 Å². The molecule has 0 aromatic heterocycles. The molecular formula is C14H16Cl2N2O3. The molecule has 114 valence electrons. The Balaban J connectivity index is 1.98. The smallest absolute Gasteiger partial charge is 0.253 e. The summed E-state index contributed by atoms with van der Waals surface area (Å²) in [6, 6.07) is 4.37. The molecule has 1 aromatic carbocycles. The second-order valence-corrected chi connectivity index (χ2v) is 5.94. The lowest BCUT2D eigenvalue weighted by Gasteiger charge is -2.17. The average molecular weight is 331 g/mol. The molecule has 2 atom stereocenters. The zero-order valence-electron chi connectivity index (χ0n) is 11.5. The van der Waals surface area contributed by atoms with Gasteiger partial charge in [-0.25, -0.2) is 0 Å². The zero-order chi connectivity index (χ0) is 15.6. The summed E-state index contributed by atoms with van der Waals surface area (Å²) in [6.45, 7) is 2.57. The summed E-state index contributed by atoms with van der Waals surface area (Å²) in [5, 5.41) is 13.5. The molecule has 5 nitrogen and oxygen atoms in total. The quantitative estimate of drug-likeness (QED) is 0.887. The standard InChI is InChI=1S/C14H16Cl2N2O3/c1-8(19)18-3-2-12(7-18)17-14(21)13(20)9-4-10(15)6-11(16)5-9/h4-6,12-13,20H,2-3,7H2,1H3,(H,17,21)/t12-,13+/m0/s1. The van der Waals surface area contributed by atoms with Gasteiger partial charge >= 0.3 is 0 Å². The molecule has 1 fully saturated rings. The summed E-state index contributed by atoms with van der Waals surface area (Å²) in [4.78, 5) is 25.0. The number of hydrogen-bond donors (Lipinski definition) is 2. The maximum absolute atomic E-state index is 12.0. The Morgan fingerprint density at radius 1 is 1.33 bits per heavy atom. The van der Waals surface area contributed by atoms with Crippen molar-refractivity contribution in [2.24, 2.45) is 0 Å². The molecule has 2 amide bonds. The van der Waals surface area contributed by atoms with Crippen molar-refractivity contribution in [3.8, 4) is 0 Å². The fourth-order valence-electron chi connectivity index (χ4n) is 2.33. The molecule has 1 aliphatic rings. The van der Waals surface area contributed by atoms with Crippen molar-refractivity contribution in [1.82, 2.24) is 10.2 Å². The van der Waals surface area contributed by atoms with Crippen molar-refractivity contribution >= 4 is 35.0 Å². The summed E-state index contributed by atoms with van der Waals surface area (Å²) >= 11 is 11.7. The lowest BCUT2D eigenvalue weighted by Crippen LogP contribution is -2.40. The maximum Gasteiger partial charge on any atom is 0.253 e. The highest BCUT2D eigenvalue weighted by Gasteiger charge is 2.28. The molecule has 21 heavy (non-hydrogen) atoms. The van der Waals surface area contributed by atoms with Gasteiger partial charge in [0.15, 0.2) is 6.10 Å². The molecule has 1 heterocycles. The van der Waals surface area contributed by atoms with E-state index in [1.165, 1.54) is 25.1 Å². The minimum absolute atomic E-state index is 0.0195. The molecular weight excluding hydrogens is 315 g/mol. The van der Waals surface area contributed by atoms with Crippen molar-refractivity contribution in [3.63, 3.8) is 0 Å². The number of amides is 2. The second kappa shape index (κ2) is 6.64. The minimum Gasteiger partial charge on any atom is -0.378 e. The SMILES string of the molecule is CC(=O)N1CC[C@H](NC(=O)[C@H](O)c2cc(Cl)cc(Cl)c2)C1. The molecule has 0 radical (unpaired) electrons. The van der Waals surface area contributed by atoms with E-state index in [-0.39, 0.29) is 11.9 Å². The third-order valence-corrected chi connectivity index (χ3v) is 3.87. The Hall–Kier alpha value is -1.30. The second-order valence-electron chi connectivity index (χ2n) is 5.06. The van der Waals surface area contributed by atoms with E-state index in [9.17, 15) is 14.7 Å². The highest BCUT2D eigenvalue weighted by atomic mass is 35.5. The Morgan fingerprint density at radius 3 is 2.48 bits per heavy atom. The molecule has 0 saturated carbocycles. The highest BCUT2D eigenvalue weighted by Crippen LogP contribution is 2.24. The molecule has 7 heteroatoms. The summed E-state index contributed by atoms with van der Waals surface area (Å²) < 4.78 is 0. The summed E-state index contributed by atoms with van der Waals surface area (Å²) in [5.41, 5.74) is 0.339. The monoisotopic (exact) mass is 330 g/mol. The van der Waals surface area contributed by atoms with Gasteiger partial charge in [-0.1, -0.05) is 23.2 Å². The van der Waals surface area contributed by atoms with Crippen LogP contribution in [0.4, 0.5) is 0 Å². The summed E-state index contributed by atoms with van der Waals surface area (Å²) in [7, 11) is 0. The van der Waals surface area contributed by atoms with Crippen LogP contribution in [0, 0.1) is 0 Å². The predicted molar refractivity (Wildman–Crippen MR) is 80.2 cm³/mol. The van der Waals surface area contributed by atoms with Crippen LogP contribution in [0.25, 0.3) is 0 Å². The number of aliphatic hydroxyl groups excluding tert-OH is 1. The van der Waals surface area contributed by atoms with Gasteiger partial charge in [-0.05, 0) is 30.2 Å². The molecule has 0 bridgehead atoms. The number of nitrogens with one attached hydrogen (secondary N) is 1. The third kappa shape index (κ3) is 4.09. The Bertz CT molecular complexity index is 545. The first-order valence-electron chi connectivity index (χ1n) is 6.57. The van der Waals surface area contributed by atoms with Gasteiger partial charge in [-0.15, -0.1) is 0 Å². The van der Waals surface area contributed by atoms with Gasteiger partial charge in [-0.2, -0.15) is 0 Å². The first-order valence-corrected chi connectivity index (χ1v) is 7.32. The lowest BCUT2D eigenvalue weighted by atomic mass is 10.1. The molecule has 1 aromatic rings. The normalized spacial score (nSPS) is 19.4. The number of carbonyl (C=O) groups excluding carboxylic acids is 2. The van der Waals surface area contributed by atoms with E-state index < -0.39 is 12.0 Å². The lowest BCUT2D eigenvalue weighted by molar-refractivity contribution is -0.131. The zero-order valence-corrected chi connectivity index (χ0v) is 13.0. The summed E-state index contributed by atoms with van der Waals surface area (Å²) in [6.07, 6.45) is -0.665. The predicted octanol–water partition coefficient (Wildman–Crippen LogP) is 1.76. The van der Waals surface area contributed by atoms with Crippen LogP contribution < -0.4 is 5.32 Å². The van der Waals surface area contributed by atoms with E-state index in [1.807, 2.05) is 0 Å². The first kappa shape index (κ1) is 16.1. The van der Waals surface area contributed by atoms with E-state index >= 15 is 0 Å². The Labute approximate surface area is 132 Å². The van der Waals surface area contributed by atoms with Crippen LogP contribution in [-0.2, 0) is 9.59 Å². The molecule has 0 aliphatic carbocycles. The fourth-order valence-corrected chi connectivity index (χ4v) is 2.87. The first-order chi connectivity index (χ1) is 9.86. The fraction of sp³-hybridized carbons (Fsp3) is 0.429. The largest absolute Gasteiger partial charge is 0.378 e. The van der Waals surface area contributed by atoms with E-state index in [0.717, 1.165) is 0 Å². The molecule has 1 saturated heterocycles. The Kier molecular flexibility index (Phi) is 5.08. The summed E-state index contributed by atoms with van der Waals surface area (Å²) in [5.74, 6) is -0.544. The van der Waals surface area contributed by atoms with Gasteiger partial charge in [-0.3, -0.25) is 9.59 Å². The van der Waals surface area contributed by atoms with Gasteiger partial charge in [0.05, 0.1) is 0 Å². The van der Waals surface area contributed by atoms with Crippen LogP contribution in [0.3, 0.4) is 0 Å². The van der Waals surface area contributed by atoms with Crippen LogP contribution >= 0.6 is 23.2 Å². The minimum atomic E-state index is -1.34. The van der Waals surface area contributed by atoms with Gasteiger partial charge in [0.25, 0.3) is 5.91 Å². The van der Waals surface area contributed by atoms with Gasteiger partial charge in [0.1, 0.15) is 0 Å². The number of aliphatic hydroxyl groups is 1. The van der Waals surface area contributed by atoms with Crippen molar-refractivity contribution < 1.29 is 14.7 Å². The number of nitrogens with zero attached hydrogens (tertiary/aromatic N) is 1. The average Bonchev–Trinajstić information content (AvgIpc) is 2.85. The van der Waals surface area contributed by atoms with E-state index in [2.05, 4.69) is 5.32 Å². The van der Waals surface area contributed by atoms with Gasteiger partial charge < -0.3 is 15.3 Å². The number of likely N-dealkylation sites (tertiary alicyclic amines) is 1. The van der Waals surface area contributed by atoms with Crippen LogP contribution in [0.1, 0.15) is 25.0 Å². The molecule has 2 rings (SSSR count). The third-order valence-electron chi connectivity index (χ3n) is 3.43. The van der Waals surface area contributed by atoms with Crippen LogP contribution in [0.15, 0.2) is 18.2 Å². The number of carbonyl (C=O) groups is 2. The van der Waals surface area contributed by atoms with Crippen molar-refractivity contribution in [2.45, 2.75) is 25.5 Å². The highest BCUT2D eigenvalue weighted by molar-refractivity contribution is 6.34. The topological polar surface area (TPSA) is 69.6 Å². The van der Waals surface area contributed by atoms with Crippen LogP contribution in [0.2, 0.25) is 10.0 Å². The number of benzene rings is 1.